The van der Waals surface area contributed by atoms with Gasteiger partial charge in [0.05, 0.1) is 0 Å². The fraction of sp³-hybridized carbons (Fsp3) is 0.143. The minimum Gasteiger partial charge on any atom is -0.488 e. The first-order valence-corrected chi connectivity index (χ1v) is 5.41. The Bertz CT molecular complexity index is 534. The van der Waals surface area contributed by atoms with Crippen molar-refractivity contribution in [1.82, 2.24) is 0 Å². The summed E-state index contributed by atoms with van der Waals surface area (Å²) in [6.45, 7) is 0.655. The molecular formula is C14H13NO. The van der Waals surface area contributed by atoms with Crippen LogP contribution in [0.25, 0.3) is 11.1 Å². The van der Waals surface area contributed by atoms with Crippen LogP contribution in [-0.2, 0) is 6.61 Å². The highest BCUT2D eigenvalue weighted by molar-refractivity contribution is 5.76. The lowest BCUT2D eigenvalue weighted by Crippen LogP contribution is -2.05. The van der Waals surface area contributed by atoms with Gasteiger partial charge in [0.1, 0.15) is 12.4 Å². The summed E-state index contributed by atoms with van der Waals surface area (Å²) in [5.74, 6) is 0.979. The highest BCUT2D eigenvalue weighted by atomic mass is 16.5. The molecule has 0 saturated heterocycles. The molecule has 1 aliphatic heterocycles. The summed E-state index contributed by atoms with van der Waals surface area (Å²) in [6, 6.07) is 14.6. The molecule has 80 valence electrons. The molecule has 2 nitrogen and oxygen atoms in total. The molecule has 0 unspecified atom stereocenters. The van der Waals surface area contributed by atoms with Crippen LogP contribution in [0.3, 0.4) is 0 Å². The summed E-state index contributed by atoms with van der Waals surface area (Å²) < 4.78 is 5.72. The zero-order chi connectivity index (χ0) is 11.0. The molecule has 0 fully saturated rings. The van der Waals surface area contributed by atoms with Gasteiger partial charge in [-0.05, 0) is 29.3 Å². The number of para-hydroxylation sites is 1. The average molecular weight is 211 g/mol. The van der Waals surface area contributed by atoms with Gasteiger partial charge < -0.3 is 10.1 Å². The Morgan fingerprint density at radius 1 is 1.06 bits per heavy atom. The van der Waals surface area contributed by atoms with Crippen molar-refractivity contribution >= 4 is 5.69 Å². The van der Waals surface area contributed by atoms with Crippen molar-refractivity contribution in [1.29, 1.82) is 0 Å². The van der Waals surface area contributed by atoms with Gasteiger partial charge in [0.2, 0.25) is 0 Å². The smallest absolute Gasteiger partial charge is 0.127 e. The number of anilines is 1. The van der Waals surface area contributed by atoms with Crippen LogP contribution in [0.4, 0.5) is 5.69 Å². The van der Waals surface area contributed by atoms with Crippen molar-refractivity contribution in [3.8, 4) is 16.9 Å². The van der Waals surface area contributed by atoms with Crippen LogP contribution >= 0.6 is 0 Å². The van der Waals surface area contributed by atoms with Gasteiger partial charge in [-0.1, -0.05) is 24.3 Å². The summed E-state index contributed by atoms with van der Waals surface area (Å²) in [5.41, 5.74) is 4.83. The van der Waals surface area contributed by atoms with E-state index in [2.05, 4.69) is 29.6 Å². The van der Waals surface area contributed by atoms with Crippen LogP contribution in [-0.4, -0.2) is 7.05 Å². The molecule has 0 spiro atoms. The van der Waals surface area contributed by atoms with Crippen molar-refractivity contribution < 1.29 is 4.74 Å². The topological polar surface area (TPSA) is 21.3 Å². The summed E-state index contributed by atoms with van der Waals surface area (Å²) in [6.07, 6.45) is 0. The lowest BCUT2D eigenvalue weighted by molar-refractivity contribution is 0.302. The van der Waals surface area contributed by atoms with Crippen molar-refractivity contribution in [2.75, 3.05) is 12.4 Å². The van der Waals surface area contributed by atoms with Crippen molar-refractivity contribution in [3.63, 3.8) is 0 Å². The summed E-state index contributed by atoms with van der Waals surface area (Å²) in [7, 11) is 1.93. The molecule has 0 amide bonds. The number of hydrogen-bond donors (Lipinski definition) is 1. The van der Waals surface area contributed by atoms with Crippen LogP contribution in [0.2, 0.25) is 0 Å². The number of hydrogen-bond acceptors (Lipinski definition) is 2. The van der Waals surface area contributed by atoms with E-state index >= 15 is 0 Å². The Labute approximate surface area is 94.9 Å². The molecule has 2 aromatic carbocycles. The highest BCUT2D eigenvalue weighted by Crippen LogP contribution is 2.37. The van der Waals surface area contributed by atoms with Gasteiger partial charge in [0.15, 0.2) is 0 Å². The second-order valence-electron chi connectivity index (χ2n) is 3.91. The molecule has 0 aliphatic carbocycles. The Balaban J connectivity index is 2.18. The van der Waals surface area contributed by atoms with Gasteiger partial charge in [0, 0.05) is 18.3 Å². The van der Waals surface area contributed by atoms with E-state index in [0.717, 1.165) is 11.4 Å². The predicted octanol–water partition coefficient (Wildman–Crippen LogP) is 3.29. The minimum absolute atomic E-state index is 0.655. The Morgan fingerprint density at radius 3 is 2.81 bits per heavy atom. The molecule has 0 atom stereocenters. The first-order valence-electron chi connectivity index (χ1n) is 5.41. The Morgan fingerprint density at radius 2 is 1.94 bits per heavy atom. The standard InChI is InChI=1S/C14H13NO/c1-15-11-6-7-12-10(8-11)9-16-14-5-3-2-4-13(12)14/h2-8,15H,9H2,1H3. The zero-order valence-corrected chi connectivity index (χ0v) is 9.16. The van der Waals surface area contributed by atoms with E-state index in [9.17, 15) is 0 Å². The van der Waals surface area contributed by atoms with Crippen LogP contribution in [0.5, 0.6) is 5.75 Å². The number of benzene rings is 2. The zero-order valence-electron chi connectivity index (χ0n) is 9.16. The maximum absolute atomic E-state index is 5.72. The molecule has 2 aromatic rings. The van der Waals surface area contributed by atoms with Crippen LogP contribution in [0.15, 0.2) is 42.5 Å². The van der Waals surface area contributed by atoms with E-state index in [0.29, 0.717) is 6.61 Å². The first-order chi connectivity index (χ1) is 7.88. The van der Waals surface area contributed by atoms with Crippen molar-refractivity contribution in [2.24, 2.45) is 0 Å². The molecule has 0 aromatic heterocycles. The van der Waals surface area contributed by atoms with Crippen LogP contribution < -0.4 is 10.1 Å². The molecule has 1 heterocycles. The SMILES string of the molecule is CNc1ccc2c(c1)COc1ccccc1-2. The largest absolute Gasteiger partial charge is 0.488 e. The predicted molar refractivity (Wildman–Crippen MR) is 65.8 cm³/mol. The van der Waals surface area contributed by atoms with Gasteiger partial charge in [-0.15, -0.1) is 0 Å². The van der Waals surface area contributed by atoms with E-state index in [1.54, 1.807) is 0 Å². The van der Waals surface area contributed by atoms with Gasteiger partial charge in [-0.2, -0.15) is 0 Å². The van der Waals surface area contributed by atoms with Gasteiger partial charge >= 0.3 is 0 Å². The summed E-state index contributed by atoms with van der Waals surface area (Å²) in [4.78, 5) is 0. The molecule has 0 bridgehead atoms. The monoisotopic (exact) mass is 211 g/mol. The van der Waals surface area contributed by atoms with Gasteiger partial charge in [-0.3, -0.25) is 0 Å². The highest BCUT2D eigenvalue weighted by Gasteiger charge is 2.16. The maximum atomic E-state index is 5.72. The number of rotatable bonds is 1. The van der Waals surface area contributed by atoms with Crippen LogP contribution in [0, 0.1) is 0 Å². The second-order valence-corrected chi connectivity index (χ2v) is 3.91. The Hall–Kier alpha value is -1.96. The van der Waals surface area contributed by atoms with Crippen molar-refractivity contribution in [2.45, 2.75) is 6.61 Å². The van der Waals surface area contributed by atoms with Gasteiger partial charge in [0.25, 0.3) is 0 Å². The average Bonchev–Trinajstić information content (AvgIpc) is 2.38. The lowest BCUT2D eigenvalue weighted by Gasteiger charge is -2.21. The van der Waals surface area contributed by atoms with E-state index < -0.39 is 0 Å². The van der Waals surface area contributed by atoms with Gasteiger partial charge in [-0.25, -0.2) is 0 Å². The van der Waals surface area contributed by atoms with Crippen LogP contribution in [0.1, 0.15) is 5.56 Å². The van der Waals surface area contributed by atoms with E-state index in [4.69, 9.17) is 4.74 Å². The van der Waals surface area contributed by atoms with E-state index in [1.807, 2.05) is 25.2 Å². The quantitative estimate of drug-likeness (QED) is 0.781. The molecule has 0 radical (unpaired) electrons. The van der Waals surface area contributed by atoms with E-state index in [-0.39, 0.29) is 0 Å². The second kappa shape index (κ2) is 3.56. The third-order valence-corrected chi connectivity index (χ3v) is 2.95. The van der Waals surface area contributed by atoms with E-state index in [1.165, 1.54) is 16.7 Å². The lowest BCUT2D eigenvalue weighted by atomic mass is 9.96. The molecule has 1 aliphatic rings. The molecule has 3 rings (SSSR count). The molecule has 1 N–H and O–H groups in total. The molecule has 0 saturated carbocycles. The summed E-state index contributed by atoms with van der Waals surface area (Å²) in [5, 5.41) is 3.15. The number of fused-ring (bicyclic) bond motifs is 3. The first kappa shape index (κ1) is 9.28. The third kappa shape index (κ3) is 1.34. The van der Waals surface area contributed by atoms with Crippen molar-refractivity contribution in [3.05, 3.63) is 48.0 Å². The maximum Gasteiger partial charge on any atom is 0.127 e. The number of ether oxygens (including phenoxy) is 1. The molecular weight excluding hydrogens is 198 g/mol. The normalized spacial score (nSPS) is 12.3. The Kier molecular flexibility index (Phi) is 2.07. The molecule has 2 heteroatoms. The fourth-order valence-electron chi connectivity index (χ4n) is 2.10. The summed E-state index contributed by atoms with van der Waals surface area (Å²) >= 11 is 0. The minimum atomic E-state index is 0.655. The fourth-order valence-corrected chi connectivity index (χ4v) is 2.10. The molecule has 16 heavy (non-hydrogen) atoms. The third-order valence-electron chi connectivity index (χ3n) is 2.95. The number of nitrogens with one attached hydrogen (secondary N) is 1.